The molecular weight excluding hydrogens is 350 g/mol. The first kappa shape index (κ1) is 16.5. The second-order valence-corrected chi connectivity index (χ2v) is 5.48. The molecule has 5 nitrogen and oxygen atoms in total. The van der Waals surface area contributed by atoms with Crippen LogP contribution in [0.2, 0.25) is 0 Å². The molecule has 0 saturated carbocycles. The molecule has 1 unspecified atom stereocenters. The van der Waals surface area contributed by atoms with Crippen molar-refractivity contribution in [2.24, 2.45) is 0 Å². The Hall–Kier alpha value is -1.92. The standard InChI is InChI=1S/C16H18BrNO4/c1-20-15-8-13(17)16(21-2)7-12(15)14(19)9-22-11-5-3-10(18)4-6-11/h3-8,14,19H,9,18H2,1-2H3. The van der Waals surface area contributed by atoms with Crippen molar-refractivity contribution < 1.29 is 19.3 Å². The predicted molar refractivity (Wildman–Crippen MR) is 88.6 cm³/mol. The Balaban J connectivity index is 2.14. The number of ether oxygens (including phenoxy) is 3. The molecule has 118 valence electrons. The van der Waals surface area contributed by atoms with Gasteiger partial charge in [0.1, 0.15) is 30.0 Å². The van der Waals surface area contributed by atoms with Crippen molar-refractivity contribution in [1.82, 2.24) is 0 Å². The number of hydrogen-bond donors (Lipinski definition) is 2. The van der Waals surface area contributed by atoms with Crippen LogP contribution in [0.25, 0.3) is 0 Å². The molecule has 0 heterocycles. The van der Waals surface area contributed by atoms with Gasteiger partial charge < -0.3 is 25.1 Å². The SMILES string of the molecule is COc1cc(C(O)COc2ccc(N)cc2)c(OC)cc1Br. The Morgan fingerprint density at radius 3 is 2.32 bits per heavy atom. The maximum atomic E-state index is 10.4. The van der Waals surface area contributed by atoms with E-state index in [-0.39, 0.29) is 6.61 Å². The van der Waals surface area contributed by atoms with Crippen molar-refractivity contribution in [2.45, 2.75) is 6.10 Å². The van der Waals surface area contributed by atoms with Gasteiger partial charge in [0.2, 0.25) is 0 Å². The summed E-state index contributed by atoms with van der Waals surface area (Å²) in [5, 5.41) is 10.4. The van der Waals surface area contributed by atoms with Crippen LogP contribution in [0.4, 0.5) is 5.69 Å². The summed E-state index contributed by atoms with van der Waals surface area (Å²) >= 11 is 3.38. The van der Waals surface area contributed by atoms with Gasteiger partial charge in [-0.25, -0.2) is 0 Å². The molecule has 2 aromatic rings. The summed E-state index contributed by atoms with van der Waals surface area (Å²) in [7, 11) is 3.11. The Kier molecular flexibility index (Phi) is 5.51. The van der Waals surface area contributed by atoms with Gasteiger partial charge in [-0.05, 0) is 52.3 Å². The van der Waals surface area contributed by atoms with E-state index in [1.807, 2.05) is 0 Å². The minimum Gasteiger partial charge on any atom is -0.496 e. The van der Waals surface area contributed by atoms with Crippen LogP contribution in [0.15, 0.2) is 40.9 Å². The zero-order valence-corrected chi connectivity index (χ0v) is 14.0. The number of methoxy groups -OCH3 is 2. The number of hydrogen-bond acceptors (Lipinski definition) is 5. The molecule has 0 amide bonds. The zero-order valence-electron chi connectivity index (χ0n) is 12.4. The first-order valence-corrected chi connectivity index (χ1v) is 7.42. The van der Waals surface area contributed by atoms with E-state index in [1.54, 1.807) is 50.6 Å². The fourth-order valence-corrected chi connectivity index (χ4v) is 2.46. The lowest BCUT2D eigenvalue weighted by molar-refractivity contribution is 0.105. The Labute approximate surface area is 137 Å². The van der Waals surface area contributed by atoms with Crippen LogP contribution in [0.5, 0.6) is 17.2 Å². The average Bonchev–Trinajstić information content (AvgIpc) is 2.53. The van der Waals surface area contributed by atoms with Gasteiger partial charge >= 0.3 is 0 Å². The van der Waals surface area contributed by atoms with E-state index in [2.05, 4.69) is 15.9 Å². The largest absolute Gasteiger partial charge is 0.496 e. The highest BCUT2D eigenvalue weighted by atomic mass is 79.9. The molecule has 1 atom stereocenters. The highest BCUT2D eigenvalue weighted by Gasteiger charge is 2.17. The van der Waals surface area contributed by atoms with E-state index in [0.29, 0.717) is 28.5 Å². The third-order valence-electron chi connectivity index (χ3n) is 3.15. The zero-order chi connectivity index (χ0) is 16.1. The average molecular weight is 368 g/mol. The summed E-state index contributed by atoms with van der Waals surface area (Å²) in [6, 6.07) is 10.5. The topological polar surface area (TPSA) is 73.9 Å². The summed E-state index contributed by atoms with van der Waals surface area (Å²) in [5.41, 5.74) is 6.87. The maximum Gasteiger partial charge on any atom is 0.133 e. The minimum absolute atomic E-state index is 0.0884. The Bertz CT molecular complexity index is 631. The smallest absolute Gasteiger partial charge is 0.133 e. The van der Waals surface area contributed by atoms with Gasteiger partial charge in [0.05, 0.1) is 18.7 Å². The highest BCUT2D eigenvalue weighted by Crippen LogP contribution is 2.36. The highest BCUT2D eigenvalue weighted by molar-refractivity contribution is 9.10. The second-order valence-electron chi connectivity index (χ2n) is 4.62. The van der Waals surface area contributed by atoms with Gasteiger partial charge in [0.15, 0.2) is 0 Å². The molecule has 0 aromatic heterocycles. The van der Waals surface area contributed by atoms with E-state index in [1.165, 1.54) is 0 Å². The number of nitrogens with two attached hydrogens (primary N) is 1. The molecule has 0 aliphatic rings. The number of nitrogen functional groups attached to an aromatic ring is 1. The molecule has 0 aliphatic heterocycles. The van der Waals surface area contributed by atoms with E-state index < -0.39 is 6.10 Å². The molecule has 6 heteroatoms. The second kappa shape index (κ2) is 7.38. The lowest BCUT2D eigenvalue weighted by atomic mass is 10.1. The van der Waals surface area contributed by atoms with Gasteiger partial charge in [0.25, 0.3) is 0 Å². The quantitative estimate of drug-likeness (QED) is 0.767. The number of benzene rings is 2. The summed E-state index contributed by atoms with van der Waals surface area (Å²) < 4.78 is 16.9. The molecule has 0 bridgehead atoms. The van der Waals surface area contributed by atoms with Crippen molar-refractivity contribution in [3.8, 4) is 17.2 Å². The van der Waals surface area contributed by atoms with Crippen LogP contribution in [0.3, 0.4) is 0 Å². The number of halogens is 1. The van der Waals surface area contributed by atoms with Gasteiger partial charge in [-0.3, -0.25) is 0 Å². The van der Waals surface area contributed by atoms with Crippen LogP contribution in [-0.2, 0) is 0 Å². The summed E-state index contributed by atoms with van der Waals surface area (Å²) in [6.07, 6.45) is -0.852. The van der Waals surface area contributed by atoms with Crippen molar-refractivity contribution in [3.05, 3.63) is 46.4 Å². The summed E-state index contributed by atoms with van der Waals surface area (Å²) in [5.74, 6) is 1.81. The first-order chi connectivity index (χ1) is 10.5. The molecule has 0 radical (unpaired) electrons. The molecule has 2 rings (SSSR count). The molecule has 0 spiro atoms. The van der Waals surface area contributed by atoms with Gasteiger partial charge in [-0.1, -0.05) is 0 Å². The molecule has 3 N–H and O–H groups in total. The fraction of sp³-hybridized carbons (Fsp3) is 0.250. The predicted octanol–water partition coefficient (Wildman–Crippen LogP) is 3.16. The van der Waals surface area contributed by atoms with E-state index in [4.69, 9.17) is 19.9 Å². The van der Waals surface area contributed by atoms with Crippen LogP contribution in [0.1, 0.15) is 11.7 Å². The van der Waals surface area contributed by atoms with Crippen LogP contribution in [0, 0.1) is 0 Å². The molecule has 2 aromatic carbocycles. The monoisotopic (exact) mass is 367 g/mol. The molecule has 0 aliphatic carbocycles. The number of rotatable bonds is 6. The number of aliphatic hydroxyl groups excluding tert-OH is 1. The van der Waals surface area contributed by atoms with E-state index in [9.17, 15) is 5.11 Å². The van der Waals surface area contributed by atoms with Crippen molar-refractivity contribution in [3.63, 3.8) is 0 Å². The van der Waals surface area contributed by atoms with Crippen LogP contribution in [-0.4, -0.2) is 25.9 Å². The van der Waals surface area contributed by atoms with Crippen molar-refractivity contribution in [2.75, 3.05) is 26.6 Å². The molecule has 22 heavy (non-hydrogen) atoms. The summed E-state index contributed by atoms with van der Waals surface area (Å²) in [6.45, 7) is 0.0884. The third kappa shape index (κ3) is 3.84. The van der Waals surface area contributed by atoms with E-state index >= 15 is 0 Å². The molecule has 0 fully saturated rings. The van der Waals surface area contributed by atoms with Crippen molar-refractivity contribution >= 4 is 21.6 Å². The fourth-order valence-electron chi connectivity index (χ4n) is 1.97. The van der Waals surface area contributed by atoms with Crippen molar-refractivity contribution in [1.29, 1.82) is 0 Å². The van der Waals surface area contributed by atoms with Crippen LogP contribution >= 0.6 is 15.9 Å². The lowest BCUT2D eigenvalue weighted by Gasteiger charge is -2.17. The molecule has 0 saturated heterocycles. The van der Waals surface area contributed by atoms with Crippen LogP contribution < -0.4 is 19.9 Å². The number of anilines is 1. The third-order valence-corrected chi connectivity index (χ3v) is 3.77. The molecular formula is C16H18BrNO4. The minimum atomic E-state index is -0.852. The van der Waals surface area contributed by atoms with Gasteiger partial charge in [0, 0.05) is 11.3 Å². The first-order valence-electron chi connectivity index (χ1n) is 6.63. The van der Waals surface area contributed by atoms with E-state index in [0.717, 1.165) is 4.47 Å². The lowest BCUT2D eigenvalue weighted by Crippen LogP contribution is -2.11. The van der Waals surface area contributed by atoms with Gasteiger partial charge in [-0.15, -0.1) is 0 Å². The normalized spacial score (nSPS) is 11.8. The van der Waals surface area contributed by atoms with Gasteiger partial charge in [-0.2, -0.15) is 0 Å². The Morgan fingerprint density at radius 1 is 1.09 bits per heavy atom. The maximum absolute atomic E-state index is 10.4. The number of aliphatic hydroxyl groups is 1. The summed E-state index contributed by atoms with van der Waals surface area (Å²) in [4.78, 5) is 0. The Morgan fingerprint density at radius 2 is 1.73 bits per heavy atom.